The van der Waals surface area contributed by atoms with Crippen LogP contribution in [0.3, 0.4) is 0 Å². The van der Waals surface area contributed by atoms with E-state index in [4.69, 9.17) is 4.74 Å². The van der Waals surface area contributed by atoms with Crippen molar-refractivity contribution in [2.45, 2.75) is 13.0 Å². The molecule has 2 aromatic rings. The van der Waals surface area contributed by atoms with E-state index in [2.05, 4.69) is 59.3 Å². The predicted molar refractivity (Wildman–Crippen MR) is 107 cm³/mol. The standard InChI is InChI=1S/C19H24N2O.2ClH/c1-3-17(21-13-11-20-12-14-21)19-16-8-6-5-7-15(16)9-10-18(19)22-4-2;;/h3,5-10,17,20H,1,4,11-14H2,2H3;2*1H/t17-;;/m1../s1. The maximum atomic E-state index is 5.93. The molecule has 24 heavy (non-hydrogen) atoms. The van der Waals surface area contributed by atoms with Gasteiger partial charge in [0.1, 0.15) is 5.75 Å². The number of nitrogens with zero attached hydrogens (tertiary/aromatic N) is 1. The molecule has 0 spiro atoms. The van der Waals surface area contributed by atoms with Gasteiger partial charge < -0.3 is 10.1 Å². The Bertz CT molecular complexity index is 657. The molecule has 3 nitrogen and oxygen atoms in total. The van der Waals surface area contributed by atoms with E-state index in [1.807, 2.05) is 6.92 Å². The molecule has 0 unspecified atom stereocenters. The number of ether oxygens (including phenoxy) is 1. The van der Waals surface area contributed by atoms with Gasteiger partial charge in [0.2, 0.25) is 0 Å². The lowest BCUT2D eigenvalue weighted by atomic mass is 9.96. The molecule has 0 aliphatic carbocycles. The fourth-order valence-corrected chi connectivity index (χ4v) is 3.27. The first kappa shape index (κ1) is 20.8. The van der Waals surface area contributed by atoms with Crippen molar-refractivity contribution in [3.63, 3.8) is 0 Å². The van der Waals surface area contributed by atoms with Crippen molar-refractivity contribution in [1.29, 1.82) is 0 Å². The van der Waals surface area contributed by atoms with Crippen molar-refractivity contribution in [3.8, 4) is 5.75 Å². The molecule has 1 aliphatic rings. The number of nitrogens with one attached hydrogen (secondary N) is 1. The van der Waals surface area contributed by atoms with Gasteiger partial charge in [0.05, 0.1) is 12.6 Å². The van der Waals surface area contributed by atoms with Crippen LogP contribution in [-0.4, -0.2) is 37.7 Å². The monoisotopic (exact) mass is 368 g/mol. The van der Waals surface area contributed by atoms with Gasteiger partial charge in [-0.3, -0.25) is 4.90 Å². The largest absolute Gasteiger partial charge is 0.493 e. The summed E-state index contributed by atoms with van der Waals surface area (Å²) in [6.45, 7) is 10.9. The fourth-order valence-electron chi connectivity index (χ4n) is 3.27. The Morgan fingerprint density at radius 2 is 1.88 bits per heavy atom. The van der Waals surface area contributed by atoms with E-state index >= 15 is 0 Å². The molecule has 3 rings (SSSR count). The van der Waals surface area contributed by atoms with Crippen molar-refractivity contribution in [1.82, 2.24) is 10.2 Å². The molecule has 132 valence electrons. The minimum absolute atomic E-state index is 0. The summed E-state index contributed by atoms with van der Waals surface area (Å²) >= 11 is 0. The number of halogens is 2. The molecule has 1 heterocycles. The van der Waals surface area contributed by atoms with Crippen molar-refractivity contribution in [2.24, 2.45) is 0 Å². The lowest BCUT2D eigenvalue weighted by molar-refractivity contribution is 0.200. The quantitative estimate of drug-likeness (QED) is 0.799. The van der Waals surface area contributed by atoms with Gasteiger partial charge in [0, 0.05) is 31.7 Å². The number of benzene rings is 2. The first-order valence-electron chi connectivity index (χ1n) is 8.07. The van der Waals surface area contributed by atoms with E-state index in [1.165, 1.54) is 16.3 Å². The molecule has 0 bridgehead atoms. The molecule has 0 aromatic heterocycles. The molecule has 2 aromatic carbocycles. The second-order valence-corrected chi connectivity index (χ2v) is 5.60. The van der Waals surface area contributed by atoms with Gasteiger partial charge in [-0.25, -0.2) is 0 Å². The molecular weight excluding hydrogens is 343 g/mol. The molecule has 1 saturated heterocycles. The Morgan fingerprint density at radius 3 is 2.54 bits per heavy atom. The highest BCUT2D eigenvalue weighted by molar-refractivity contribution is 5.88. The summed E-state index contributed by atoms with van der Waals surface area (Å²) in [4.78, 5) is 2.48. The van der Waals surface area contributed by atoms with Crippen LogP contribution in [0.15, 0.2) is 49.1 Å². The summed E-state index contributed by atoms with van der Waals surface area (Å²) in [5.41, 5.74) is 1.25. The SMILES string of the molecule is C=C[C@H](c1c(OCC)ccc2ccccc12)N1CCNCC1.Cl.Cl. The average molecular weight is 369 g/mol. The van der Waals surface area contributed by atoms with Crippen LogP contribution in [0.25, 0.3) is 10.8 Å². The number of hydrogen-bond acceptors (Lipinski definition) is 3. The highest BCUT2D eigenvalue weighted by atomic mass is 35.5. The van der Waals surface area contributed by atoms with Crippen LogP contribution in [0, 0.1) is 0 Å². The van der Waals surface area contributed by atoms with Crippen LogP contribution in [0.1, 0.15) is 18.5 Å². The zero-order valence-electron chi connectivity index (χ0n) is 14.0. The first-order valence-corrected chi connectivity index (χ1v) is 8.07. The zero-order valence-corrected chi connectivity index (χ0v) is 15.7. The summed E-state index contributed by atoms with van der Waals surface area (Å²) < 4.78 is 5.93. The Balaban J connectivity index is 0.00000144. The van der Waals surface area contributed by atoms with Crippen molar-refractivity contribution >= 4 is 35.6 Å². The van der Waals surface area contributed by atoms with Crippen LogP contribution >= 0.6 is 24.8 Å². The molecule has 0 amide bonds. The molecule has 5 heteroatoms. The number of rotatable bonds is 5. The molecular formula is C19H26Cl2N2O. The van der Waals surface area contributed by atoms with Gasteiger partial charge in [-0.15, -0.1) is 31.4 Å². The summed E-state index contributed by atoms with van der Waals surface area (Å²) in [6.07, 6.45) is 2.05. The van der Waals surface area contributed by atoms with Gasteiger partial charge >= 0.3 is 0 Å². The van der Waals surface area contributed by atoms with Crippen molar-refractivity contribution < 1.29 is 4.74 Å². The molecule has 1 N–H and O–H groups in total. The molecule has 0 radical (unpaired) electrons. The smallest absolute Gasteiger partial charge is 0.125 e. The lowest BCUT2D eigenvalue weighted by Gasteiger charge is -2.34. The minimum atomic E-state index is 0. The van der Waals surface area contributed by atoms with Gasteiger partial charge in [0.15, 0.2) is 0 Å². The molecule has 1 aliphatic heterocycles. The fraction of sp³-hybridized carbons (Fsp3) is 0.368. The van der Waals surface area contributed by atoms with Crippen molar-refractivity contribution in [2.75, 3.05) is 32.8 Å². The lowest BCUT2D eigenvalue weighted by Crippen LogP contribution is -2.44. The Labute approximate surface area is 156 Å². The summed E-state index contributed by atoms with van der Waals surface area (Å²) in [6, 6.07) is 13.0. The van der Waals surface area contributed by atoms with Gasteiger partial charge in [-0.2, -0.15) is 0 Å². The van der Waals surface area contributed by atoms with E-state index < -0.39 is 0 Å². The Morgan fingerprint density at radius 1 is 1.17 bits per heavy atom. The predicted octanol–water partition coefficient (Wildman–Crippen LogP) is 4.21. The average Bonchev–Trinajstić information content (AvgIpc) is 2.58. The van der Waals surface area contributed by atoms with Crippen molar-refractivity contribution in [3.05, 3.63) is 54.6 Å². The summed E-state index contributed by atoms with van der Waals surface area (Å²) in [5, 5.41) is 5.93. The zero-order chi connectivity index (χ0) is 15.4. The van der Waals surface area contributed by atoms with E-state index in [0.29, 0.717) is 6.61 Å². The summed E-state index contributed by atoms with van der Waals surface area (Å²) in [7, 11) is 0. The van der Waals surface area contributed by atoms with Crippen LogP contribution in [0.5, 0.6) is 5.75 Å². The third-order valence-electron chi connectivity index (χ3n) is 4.29. The van der Waals surface area contributed by atoms with E-state index in [9.17, 15) is 0 Å². The van der Waals surface area contributed by atoms with Gasteiger partial charge in [-0.1, -0.05) is 36.4 Å². The Hall–Kier alpha value is -1.26. The Kier molecular flexibility index (Phi) is 8.57. The second kappa shape index (κ2) is 9.90. The highest BCUT2D eigenvalue weighted by Gasteiger charge is 2.24. The maximum Gasteiger partial charge on any atom is 0.125 e. The molecule has 1 fully saturated rings. The number of hydrogen-bond donors (Lipinski definition) is 1. The van der Waals surface area contributed by atoms with E-state index in [-0.39, 0.29) is 30.9 Å². The van der Waals surface area contributed by atoms with Gasteiger partial charge in [-0.05, 0) is 23.8 Å². The molecule has 1 atom stereocenters. The first-order chi connectivity index (χ1) is 10.8. The van der Waals surface area contributed by atoms with Crippen LogP contribution in [0.4, 0.5) is 0 Å². The second-order valence-electron chi connectivity index (χ2n) is 5.60. The normalized spacial score (nSPS) is 15.9. The van der Waals surface area contributed by atoms with Crippen LogP contribution in [-0.2, 0) is 0 Å². The minimum Gasteiger partial charge on any atom is -0.493 e. The van der Waals surface area contributed by atoms with E-state index in [0.717, 1.165) is 31.9 Å². The number of fused-ring (bicyclic) bond motifs is 1. The van der Waals surface area contributed by atoms with E-state index in [1.54, 1.807) is 0 Å². The van der Waals surface area contributed by atoms with Gasteiger partial charge in [0.25, 0.3) is 0 Å². The summed E-state index contributed by atoms with van der Waals surface area (Å²) in [5.74, 6) is 0.977. The highest BCUT2D eigenvalue weighted by Crippen LogP contribution is 2.36. The third-order valence-corrected chi connectivity index (χ3v) is 4.29. The maximum absolute atomic E-state index is 5.93. The third kappa shape index (κ3) is 4.22. The van der Waals surface area contributed by atoms with Crippen LogP contribution < -0.4 is 10.1 Å². The topological polar surface area (TPSA) is 24.5 Å². The number of piperazine rings is 1. The van der Waals surface area contributed by atoms with Crippen LogP contribution in [0.2, 0.25) is 0 Å². The molecule has 0 saturated carbocycles.